The van der Waals surface area contributed by atoms with Crippen LogP contribution in [0.1, 0.15) is 22.6 Å². The Morgan fingerprint density at radius 1 is 0.405 bits per heavy atom. The summed E-state index contributed by atoms with van der Waals surface area (Å²) in [6, 6.07) is 8.77. The Kier molecular flexibility index (Phi) is 8.90. The number of rotatable bonds is 9. The second kappa shape index (κ2) is 11.5. The predicted octanol–water partition coefficient (Wildman–Crippen LogP) is -4.71. The molecule has 18 nitrogen and oxygen atoms in total. The van der Waals surface area contributed by atoms with E-state index in [2.05, 4.69) is 0 Å². The van der Waals surface area contributed by atoms with Crippen LogP contribution in [0.15, 0.2) is 54.6 Å². The van der Waals surface area contributed by atoms with Crippen molar-refractivity contribution >= 4 is 34.1 Å². The zero-order valence-corrected chi connectivity index (χ0v) is 18.4. The predicted molar refractivity (Wildman–Crippen MR) is 115 cm³/mol. The van der Waals surface area contributed by atoms with Gasteiger partial charge in [-0.3, -0.25) is 0 Å². The van der Waals surface area contributed by atoms with Crippen molar-refractivity contribution < 1.29 is 62.6 Å². The first kappa shape index (κ1) is 28.5. The molecule has 0 aliphatic heterocycles. The van der Waals surface area contributed by atoms with Crippen LogP contribution in [-0.4, -0.2) is 31.2 Å². The molecule has 3 rings (SSSR count). The van der Waals surface area contributed by atoms with Gasteiger partial charge in [0.05, 0.1) is 24.1 Å². The highest BCUT2D eigenvalue weighted by atomic mass is 16.8. The van der Waals surface area contributed by atoms with E-state index in [9.17, 15) is 62.5 Å². The van der Waals surface area contributed by atoms with Gasteiger partial charge in [0.25, 0.3) is 0 Å². The van der Waals surface area contributed by atoms with Gasteiger partial charge in [0.2, 0.25) is 0 Å². The third-order valence-electron chi connectivity index (χ3n) is 5.52. The highest BCUT2D eigenvalue weighted by molar-refractivity contribution is 5.65. The highest BCUT2D eigenvalue weighted by Crippen LogP contribution is 2.41. The van der Waals surface area contributed by atoms with E-state index in [1.54, 1.807) is 0 Å². The Morgan fingerprint density at radius 2 is 0.649 bits per heavy atom. The van der Waals surface area contributed by atoms with Crippen molar-refractivity contribution in [3.05, 3.63) is 103 Å². The number of nitrogens with one attached hydrogen (secondary N) is 6. The van der Waals surface area contributed by atoms with Gasteiger partial charge in [-0.25, -0.2) is 31.2 Å². The molecule has 200 valence electrons. The Bertz CT molecular complexity index is 1090. The molecule has 37 heavy (non-hydrogen) atoms. The van der Waals surface area contributed by atoms with Crippen molar-refractivity contribution in [3.63, 3.8) is 0 Å². The van der Waals surface area contributed by atoms with Crippen LogP contribution in [0, 0.1) is 31.2 Å². The highest BCUT2D eigenvalue weighted by Gasteiger charge is 2.33. The van der Waals surface area contributed by atoms with E-state index in [4.69, 9.17) is 0 Å². The van der Waals surface area contributed by atoms with Crippen molar-refractivity contribution in [2.75, 3.05) is 0 Å². The van der Waals surface area contributed by atoms with Crippen LogP contribution in [-0.2, 0) is 0 Å². The molecule has 0 bridgehead atoms. The fourth-order valence-corrected chi connectivity index (χ4v) is 3.88. The fraction of sp³-hybridized carbons (Fsp3) is 0.0526. The van der Waals surface area contributed by atoms with Crippen LogP contribution in [0.3, 0.4) is 0 Å². The largest absolute Gasteiger partial charge is 0.595 e. The van der Waals surface area contributed by atoms with Crippen molar-refractivity contribution in [2.24, 2.45) is 0 Å². The molecule has 6 unspecified atom stereocenters. The first-order valence-electron chi connectivity index (χ1n) is 10.1. The lowest BCUT2D eigenvalue weighted by Gasteiger charge is -2.28. The first-order chi connectivity index (χ1) is 17.3. The smallest absolute Gasteiger partial charge is 0.174 e. The molecule has 0 aliphatic carbocycles. The molecule has 3 aromatic rings. The molecule has 0 spiro atoms. The Morgan fingerprint density at radius 3 is 0.838 bits per heavy atom. The molecular formula is C19H22N6O12. The number of hydrogen-bond donors (Lipinski definition) is 12. The Hall–Kier alpha value is -3.06. The lowest BCUT2D eigenvalue weighted by atomic mass is 9.82. The molecule has 0 radical (unpaired) electrons. The van der Waals surface area contributed by atoms with Gasteiger partial charge in [-0.2, -0.15) is 31.4 Å². The summed E-state index contributed by atoms with van der Waals surface area (Å²) in [6.45, 7) is 0. The molecule has 0 heterocycles. The average Bonchev–Trinajstić information content (AvgIpc) is 2.83. The van der Waals surface area contributed by atoms with Crippen LogP contribution >= 0.6 is 0 Å². The Labute approximate surface area is 205 Å². The van der Waals surface area contributed by atoms with Crippen molar-refractivity contribution in [1.29, 1.82) is 0 Å². The maximum Gasteiger partial charge on any atom is 0.174 e. The number of benzene rings is 3. The summed E-state index contributed by atoms with van der Waals surface area (Å²) in [4.78, 5) is 0. The molecule has 0 aromatic heterocycles. The van der Waals surface area contributed by atoms with Gasteiger partial charge in [-0.15, -0.1) is 0 Å². The molecule has 0 saturated carbocycles. The second-order valence-corrected chi connectivity index (χ2v) is 7.67. The van der Waals surface area contributed by atoms with E-state index < -0.39 is 71.4 Å². The minimum atomic E-state index is -1.61. The topological polar surface area (TPSA) is 286 Å². The third kappa shape index (κ3) is 6.09. The summed E-state index contributed by atoms with van der Waals surface area (Å²) in [5, 5.41) is 119. The maximum absolute atomic E-state index is 12.1. The SMILES string of the molecule is [O-][NH+](O)c1ccc(C(c2ccc([NH+]([O-])O)cc2[NH+]([O-])O)c2ccc([NH+]([O-])O)cc2[NH+]([O-])O)c([NH+]([O-])O)c1. The fourth-order valence-electron chi connectivity index (χ4n) is 3.88. The number of hydrogen-bond acceptors (Lipinski definition) is 12. The molecule has 0 saturated heterocycles. The standard InChI is InChI=1S/C19H22N6O12/c26-20(27)10-1-4-13(16(7-10)23(32)33)19(14-5-2-11(21(28)29)8-17(14)24(34)35)15-6-3-12(22(30)31)9-18(15)25(36)37/h1-9,19-26,28,30,32,34,36H. The quantitative estimate of drug-likeness (QED) is 0.0925. The maximum atomic E-state index is 12.1. The molecule has 0 fully saturated rings. The van der Waals surface area contributed by atoms with Crippen LogP contribution in [0.2, 0.25) is 0 Å². The summed E-state index contributed by atoms with van der Waals surface area (Å²) < 4.78 is 0. The first-order valence-corrected chi connectivity index (χ1v) is 10.1. The van der Waals surface area contributed by atoms with Gasteiger partial charge < -0.3 is 31.2 Å². The average molecular weight is 526 g/mol. The summed E-state index contributed by atoms with van der Waals surface area (Å²) in [5.74, 6) is -1.50. The van der Waals surface area contributed by atoms with Crippen molar-refractivity contribution in [3.8, 4) is 0 Å². The normalized spacial score (nSPS) is 17.5. The molecule has 3 aromatic carbocycles. The van der Waals surface area contributed by atoms with Crippen LogP contribution in [0.4, 0.5) is 34.1 Å². The van der Waals surface area contributed by atoms with Gasteiger partial charge in [-0.05, 0) is 18.2 Å². The van der Waals surface area contributed by atoms with Gasteiger partial charge in [0.15, 0.2) is 34.1 Å². The minimum absolute atomic E-state index is 0.214. The monoisotopic (exact) mass is 526 g/mol. The van der Waals surface area contributed by atoms with Gasteiger partial charge in [0, 0.05) is 34.9 Å². The van der Waals surface area contributed by atoms with Gasteiger partial charge >= 0.3 is 0 Å². The summed E-state index contributed by atoms with van der Waals surface area (Å²) in [7, 11) is 0. The number of quaternary nitrogens is 6. The van der Waals surface area contributed by atoms with E-state index in [1.165, 1.54) is 0 Å². The van der Waals surface area contributed by atoms with E-state index in [0.717, 1.165) is 54.6 Å². The zero-order valence-electron chi connectivity index (χ0n) is 18.4. The lowest BCUT2D eigenvalue weighted by molar-refractivity contribution is -0.996. The molecule has 0 amide bonds. The molecular weight excluding hydrogens is 504 g/mol. The molecule has 0 aliphatic rings. The van der Waals surface area contributed by atoms with Gasteiger partial charge in [-0.1, -0.05) is 0 Å². The summed E-state index contributed by atoms with van der Waals surface area (Å²) >= 11 is 0. The van der Waals surface area contributed by atoms with E-state index in [-0.39, 0.29) is 16.7 Å². The lowest BCUT2D eigenvalue weighted by Crippen LogP contribution is -3.01. The summed E-state index contributed by atoms with van der Waals surface area (Å²) in [6.07, 6.45) is 0. The van der Waals surface area contributed by atoms with Crippen LogP contribution in [0.5, 0.6) is 0 Å². The third-order valence-corrected chi connectivity index (χ3v) is 5.52. The van der Waals surface area contributed by atoms with Crippen molar-refractivity contribution in [1.82, 2.24) is 0 Å². The molecule has 18 heteroatoms. The molecule has 6 atom stereocenters. The second-order valence-electron chi connectivity index (χ2n) is 7.67. The molecule has 12 N–H and O–H groups in total. The van der Waals surface area contributed by atoms with Crippen LogP contribution < -0.4 is 31.4 Å². The zero-order chi connectivity index (χ0) is 27.6. The van der Waals surface area contributed by atoms with E-state index in [0.29, 0.717) is 0 Å². The Balaban J connectivity index is 2.44. The van der Waals surface area contributed by atoms with E-state index in [1.807, 2.05) is 0 Å². The minimum Gasteiger partial charge on any atom is -0.595 e. The van der Waals surface area contributed by atoms with E-state index >= 15 is 0 Å². The van der Waals surface area contributed by atoms with Crippen LogP contribution in [0.25, 0.3) is 0 Å². The van der Waals surface area contributed by atoms with Gasteiger partial charge in [0.1, 0.15) is 0 Å². The summed E-state index contributed by atoms with van der Waals surface area (Å²) in [5.41, 5.74) is -3.68. The van der Waals surface area contributed by atoms with Crippen molar-refractivity contribution in [2.45, 2.75) is 5.92 Å².